The van der Waals surface area contributed by atoms with Crippen LogP contribution in [0.5, 0.6) is 5.75 Å². The molecule has 0 spiro atoms. The highest BCUT2D eigenvalue weighted by atomic mass is 35.5. The van der Waals surface area contributed by atoms with Crippen molar-refractivity contribution in [3.63, 3.8) is 0 Å². The molecular formula is C20H25ClN2O3. The van der Waals surface area contributed by atoms with Crippen molar-refractivity contribution in [3.8, 4) is 5.75 Å². The third-order valence-corrected chi connectivity index (χ3v) is 4.91. The summed E-state index contributed by atoms with van der Waals surface area (Å²) in [4.78, 5) is 11.4. The first-order valence-electron chi connectivity index (χ1n) is 8.65. The summed E-state index contributed by atoms with van der Waals surface area (Å²) in [7, 11) is 0. The second-order valence-electron chi connectivity index (χ2n) is 6.66. The minimum absolute atomic E-state index is 0. The van der Waals surface area contributed by atoms with E-state index < -0.39 is 12.0 Å². The normalized spacial score (nSPS) is 20.3. The number of aromatic hydroxyl groups is 1. The summed E-state index contributed by atoms with van der Waals surface area (Å²) in [5.41, 5.74) is 7.20. The number of hydrogen-bond acceptors (Lipinski definition) is 4. The van der Waals surface area contributed by atoms with Gasteiger partial charge < -0.3 is 21.3 Å². The Morgan fingerprint density at radius 3 is 2.62 bits per heavy atom. The second kappa shape index (κ2) is 9.03. The standard InChI is InChI=1S/C20H24N2O3.ClH/c21-20(25)16-12-14(7-11-18(16)23)19(24)17-10-9-15(22-17)8-6-13-4-2-1-3-5-13;/h1-5,7,11-12,15,17,19,22-24H,6,8-10H2,(H2,21,25);1H. The van der Waals surface area contributed by atoms with Gasteiger partial charge in [-0.2, -0.15) is 0 Å². The Labute approximate surface area is 159 Å². The highest BCUT2D eigenvalue weighted by Gasteiger charge is 2.30. The van der Waals surface area contributed by atoms with Crippen LogP contribution >= 0.6 is 12.4 Å². The van der Waals surface area contributed by atoms with Crippen LogP contribution < -0.4 is 11.1 Å². The predicted molar refractivity (Wildman–Crippen MR) is 104 cm³/mol. The van der Waals surface area contributed by atoms with E-state index in [1.165, 1.54) is 17.7 Å². The molecule has 140 valence electrons. The van der Waals surface area contributed by atoms with E-state index in [1.54, 1.807) is 6.07 Å². The van der Waals surface area contributed by atoms with Crippen molar-refractivity contribution in [3.05, 3.63) is 65.2 Å². The first-order valence-corrected chi connectivity index (χ1v) is 8.65. The maximum atomic E-state index is 11.4. The van der Waals surface area contributed by atoms with Gasteiger partial charge in [-0.25, -0.2) is 0 Å². The van der Waals surface area contributed by atoms with Gasteiger partial charge in [-0.05, 0) is 48.9 Å². The van der Waals surface area contributed by atoms with E-state index in [0.29, 0.717) is 11.6 Å². The Morgan fingerprint density at radius 2 is 1.92 bits per heavy atom. The lowest BCUT2D eigenvalue weighted by atomic mass is 9.98. The summed E-state index contributed by atoms with van der Waals surface area (Å²) in [5, 5.41) is 23.8. The van der Waals surface area contributed by atoms with Crippen LogP contribution in [0.15, 0.2) is 48.5 Å². The van der Waals surface area contributed by atoms with Gasteiger partial charge in [-0.1, -0.05) is 36.4 Å². The number of aliphatic hydroxyl groups excluding tert-OH is 1. The van der Waals surface area contributed by atoms with Crippen LogP contribution in [0.4, 0.5) is 0 Å². The van der Waals surface area contributed by atoms with E-state index in [0.717, 1.165) is 25.7 Å². The topological polar surface area (TPSA) is 95.6 Å². The second-order valence-corrected chi connectivity index (χ2v) is 6.66. The fraction of sp³-hybridized carbons (Fsp3) is 0.350. The van der Waals surface area contributed by atoms with Gasteiger partial charge in [0.15, 0.2) is 0 Å². The van der Waals surface area contributed by atoms with Crippen molar-refractivity contribution in [2.45, 2.75) is 43.9 Å². The van der Waals surface area contributed by atoms with Crippen molar-refractivity contribution in [1.29, 1.82) is 0 Å². The van der Waals surface area contributed by atoms with Crippen LogP contribution in [-0.4, -0.2) is 28.2 Å². The summed E-state index contributed by atoms with van der Waals surface area (Å²) in [6, 6.07) is 15.2. The van der Waals surface area contributed by atoms with E-state index in [4.69, 9.17) is 5.73 Å². The van der Waals surface area contributed by atoms with Crippen LogP contribution in [0.2, 0.25) is 0 Å². The molecule has 3 atom stereocenters. The molecule has 6 heteroatoms. The van der Waals surface area contributed by atoms with Crippen LogP contribution in [0.25, 0.3) is 0 Å². The summed E-state index contributed by atoms with van der Waals surface area (Å²) in [6.07, 6.45) is 3.17. The van der Waals surface area contributed by atoms with Crippen molar-refractivity contribution < 1.29 is 15.0 Å². The molecular weight excluding hydrogens is 352 g/mol. The molecule has 1 aliphatic heterocycles. The average molecular weight is 377 g/mol. The van der Waals surface area contributed by atoms with Crippen LogP contribution in [0, 0.1) is 0 Å². The predicted octanol–water partition coefficient (Wildman–Crippen LogP) is 2.70. The summed E-state index contributed by atoms with van der Waals surface area (Å²) in [6.45, 7) is 0. The van der Waals surface area contributed by atoms with Gasteiger partial charge in [0.2, 0.25) is 0 Å². The van der Waals surface area contributed by atoms with Gasteiger partial charge in [-0.15, -0.1) is 12.4 Å². The number of aryl methyl sites for hydroxylation is 1. The molecule has 0 saturated carbocycles. The lowest BCUT2D eigenvalue weighted by Gasteiger charge is -2.21. The number of primary amides is 1. The molecule has 1 saturated heterocycles. The van der Waals surface area contributed by atoms with Crippen molar-refractivity contribution >= 4 is 18.3 Å². The van der Waals surface area contributed by atoms with E-state index in [2.05, 4.69) is 17.4 Å². The largest absolute Gasteiger partial charge is 0.507 e. The number of nitrogens with one attached hydrogen (secondary N) is 1. The summed E-state index contributed by atoms with van der Waals surface area (Å²) >= 11 is 0. The summed E-state index contributed by atoms with van der Waals surface area (Å²) in [5.74, 6) is -0.866. The minimum atomic E-state index is -0.736. The zero-order chi connectivity index (χ0) is 17.8. The first kappa shape index (κ1) is 20.2. The third kappa shape index (κ3) is 4.75. The Bertz CT molecular complexity index is 739. The summed E-state index contributed by atoms with van der Waals surface area (Å²) < 4.78 is 0. The van der Waals surface area contributed by atoms with Crippen molar-refractivity contribution in [1.82, 2.24) is 5.32 Å². The molecule has 3 unspecified atom stereocenters. The van der Waals surface area contributed by atoms with E-state index in [9.17, 15) is 15.0 Å². The van der Waals surface area contributed by atoms with E-state index in [1.807, 2.05) is 18.2 Å². The SMILES string of the molecule is Cl.NC(=O)c1cc(C(O)C2CCC(CCc3ccccc3)N2)ccc1O. The lowest BCUT2D eigenvalue weighted by Crippen LogP contribution is -2.34. The highest BCUT2D eigenvalue weighted by molar-refractivity contribution is 5.95. The monoisotopic (exact) mass is 376 g/mol. The van der Waals surface area contributed by atoms with Gasteiger partial charge in [0.1, 0.15) is 5.75 Å². The fourth-order valence-electron chi connectivity index (χ4n) is 3.48. The van der Waals surface area contributed by atoms with Gasteiger partial charge in [0, 0.05) is 12.1 Å². The maximum absolute atomic E-state index is 11.4. The van der Waals surface area contributed by atoms with Crippen LogP contribution in [0.1, 0.15) is 46.9 Å². The van der Waals surface area contributed by atoms with E-state index in [-0.39, 0.29) is 29.8 Å². The number of carbonyl (C=O) groups is 1. The molecule has 3 rings (SSSR count). The highest BCUT2D eigenvalue weighted by Crippen LogP contribution is 2.29. The van der Waals surface area contributed by atoms with Crippen LogP contribution in [-0.2, 0) is 6.42 Å². The molecule has 1 heterocycles. The fourth-order valence-corrected chi connectivity index (χ4v) is 3.48. The van der Waals surface area contributed by atoms with Crippen molar-refractivity contribution in [2.75, 3.05) is 0 Å². The Balaban J connectivity index is 0.00000243. The number of rotatable bonds is 6. The quantitative estimate of drug-likeness (QED) is 0.623. The molecule has 2 aromatic carbocycles. The number of aliphatic hydroxyl groups is 1. The van der Waals surface area contributed by atoms with Crippen molar-refractivity contribution in [2.24, 2.45) is 5.73 Å². The number of halogens is 1. The third-order valence-electron chi connectivity index (χ3n) is 4.91. The lowest BCUT2D eigenvalue weighted by molar-refractivity contribution is 0.0996. The number of phenols is 1. The number of hydrogen-bond donors (Lipinski definition) is 4. The number of nitrogens with two attached hydrogens (primary N) is 1. The van der Waals surface area contributed by atoms with Gasteiger partial charge in [0.05, 0.1) is 11.7 Å². The first-order chi connectivity index (χ1) is 12.0. The average Bonchev–Trinajstić information content (AvgIpc) is 3.09. The molecule has 5 N–H and O–H groups in total. The molecule has 1 fully saturated rings. The molecule has 2 aromatic rings. The van der Waals surface area contributed by atoms with Crippen LogP contribution in [0.3, 0.4) is 0 Å². The van der Waals surface area contributed by atoms with Gasteiger partial charge in [-0.3, -0.25) is 4.79 Å². The number of carbonyl (C=O) groups excluding carboxylic acids is 1. The maximum Gasteiger partial charge on any atom is 0.252 e. The van der Waals surface area contributed by atoms with Gasteiger partial charge in [0.25, 0.3) is 5.91 Å². The zero-order valence-electron chi connectivity index (χ0n) is 14.5. The number of amides is 1. The molecule has 0 radical (unpaired) electrons. The molecule has 0 aliphatic carbocycles. The van der Waals surface area contributed by atoms with Gasteiger partial charge >= 0.3 is 0 Å². The molecule has 1 aliphatic rings. The molecule has 5 nitrogen and oxygen atoms in total. The molecule has 0 aromatic heterocycles. The van der Waals surface area contributed by atoms with E-state index >= 15 is 0 Å². The molecule has 1 amide bonds. The molecule has 26 heavy (non-hydrogen) atoms. The Hall–Kier alpha value is -2.08. The Morgan fingerprint density at radius 1 is 1.19 bits per heavy atom. The minimum Gasteiger partial charge on any atom is -0.507 e. The number of benzene rings is 2. The Kier molecular flexibility index (Phi) is 7.03. The molecule has 0 bridgehead atoms. The zero-order valence-corrected chi connectivity index (χ0v) is 15.3. The smallest absolute Gasteiger partial charge is 0.252 e.